The first-order valence-corrected chi connectivity index (χ1v) is 18.9. The number of nitrogens with one attached hydrogen (secondary N) is 3. The number of fused-ring (bicyclic) bond motifs is 2. The molecule has 0 radical (unpaired) electrons. The molecule has 0 aliphatic carbocycles. The highest BCUT2D eigenvalue weighted by molar-refractivity contribution is 5.98. The van der Waals surface area contributed by atoms with E-state index < -0.39 is 71.7 Å². The average molecular weight is 785 g/mol. The van der Waals surface area contributed by atoms with Crippen molar-refractivity contribution in [3.8, 4) is 23.0 Å². The van der Waals surface area contributed by atoms with Crippen LogP contribution in [-0.2, 0) is 48.0 Å². The van der Waals surface area contributed by atoms with Crippen LogP contribution in [0.5, 0.6) is 23.0 Å². The Hall–Kier alpha value is -6.12. The summed E-state index contributed by atoms with van der Waals surface area (Å²) in [5, 5.41) is 8.27. The van der Waals surface area contributed by atoms with Crippen LogP contribution in [-0.4, -0.2) is 122 Å². The third kappa shape index (κ3) is 9.65. The van der Waals surface area contributed by atoms with Crippen molar-refractivity contribution in [2.45, 2.75) is 82.7 Å². The van der Waals surface area contributed by atoms with Gasteiger partial charge in [-0.05, 0) is 73.4 Å². The molecule has 3 heterocycles. The maximum Gasteiger partial charge on any atom is 0.246 e. The van der Waals surface area contributed by atoms with E-state index in [0.717, 1.165) is 0 Å². The van der Waals surface area contributed by atoms with Crippen LogP contribution in [0.3, 0.4) is 0 Å². The van der Waals surface area contributed by atoms with E-state index in [-0.39, 0.29) is 25.7 Å². The highest BCUT2D eigenvalue weighted by Gasteiger charge is 2.39. The molecule has 3 aromatic carbocycles. The third-order valence-corrected chi connectivity index (χ3v) is 10.7. The van der Waals surface area contributed by atoms with Crippen molar-refractivity contribution in [1.29, 1.82) is 0 Å². The van der Waals surface area contributed by atoms with Gasteiger partial charge in [0.15, 0.2) is 11.5 Å². The molecule has 0 aromatic heterocycles. The molecule has 3 N–H and O–H groups in total. The van der Waals surface area contributed by atoms with E-state index in [2.05, 4.69) is 16.0 Å². The zero-order valence-corrected chi connectivity index (χ0v) is 33.7. The van der Waals surface area contributed by atoms with Gasteiger partial charge in [0.25, 0.3) is 0 Å². The minimum atomic E-state index is -1.16. The molecule has 6 atom stereocenters. The summed E-state index contributed by atoms with van der Waals surface area (Å²) in [4.78, 5) is 88.8. The predicted octanol–water partition coefficient (Wildman–Crippen LogP) is 2.24. The molecule has 1 saturated heterocycles. The highest BCUT2D eigenvalue weighted by atomic mass is 16.5. The summed E-state index contributed by atoms with van der Waals surface area (Å²) in [6.45, 7) is 4.71. The third-order valence-electron chi connectivity index (χ3n) is 10.7. The number of hydrogen-bond acceptors (Lipinski definition) is 9. The van der Waals surface area contributed by atoms with Crippen LogP contribution in [0.25, 0.3) is 0 Å². The molecule has 3 aromatic rings. The van der Waals surface area contributed by atoms with Gasteiger partial charge in [-0.25, -0.2) is 0 Å². The van der Waals surface area contributed by atoms with Gasteiger partial charge in [0.05, 0.1) is 14.2 Å². The second kappa shape index (κ2) is 18.2. The number of amides is 6. The topological polar surface area (TPSA) is 176 Å². The number of benzene rings is 3. The fourth-order valence-corrected chi connectivity index (χ4v) is 7.01. The van der Waals surface area contributed by atoms with Gasteiger partial charge in [-0.1, -0.05) is 37.3 Å². The summed E-state index contributed by atoms with van der Waals surface area (Å²) in [6, 6.07) is 12.6. The molecule has 15 nitrogen and oxygen atoms in total. The van der Waals surface area contributed by atoms with Crippen LogP contribution in [0.4, 0.5) is 0 Å². The van der Waals surface area contributed by atoms with Crippen molar-refractivity contribution in [2.24, 2.45) is 0 Å². The molecule has 6 rings (SSSR count). The van der Waals surface area contributed by atoms with Gasteiger partial charge in [-0.2, -0.15) is 0 Å². The molecular weight excluding hydrogens is 732 g/mol. The molecule has 3 unspecified atom stereocenters. The first-order valence-electron chi connectivity index (χ1n) is 18.9. The molecule has 1 fully saturated rings. The number of ether oxygens (including phenoxy) is 3. The van der Waals surface area contributed by atoms with E-state index in [9.17, 15) is 28.8 Å². The molecule has 0 spiro atoms. The van der Waals surface area contributed by atoms with Gasteiger partial charge in [-0.3, -0.25) is 28.8 Å². The Balaban J connectivity index is 1.59. The molecule has 15 heteroatoms. The second-order valence-corrected chi connectivity index (χ2v) is 14.5. The molecular formula is C42H52N6O9. The van der Waals surface area contributed by atoms with Crippen molar-refractivity contribution in [1.82, 2.24) is 30.7 Å². The lowest BCUT2D eigenvalue weighted by molar-refractivity contribution is -0.149. The molecule has 3 aliphatic heterocycles. The number of nitrogens with zero attached hydrogens (tertiary/aromatic N) is 3. The largest absolute Gasteiger partial charge is 0.497 e. The average Bonchev–Trinajstić information content (AvgIpc) is 3.21. The Morgan fingerprint density at radius 3 is 1.89 bits per heavy atom. The van der Waals surface area contributed by atoms with Crippen LogP contribution in [0.2, 0.25) is 0 Å². The lowest BCUT2D eigenvalue weighted by Gasteiger charge is -2.37. The molecule has 57 heavy (non-hydrogen) atoms. The van der Waals surface area contributed by atoms with Gasteiger partial charge in [-0.15, -0.1) is 0 Å². The zero-order valence-electron chi connectivity index (χ0n) is 33.7. The molecule has 6 amide bonds. The summed E-state index contributed by atoms with van der Waals surface area (Å²) in [6.07, 6.45) is 0.323. The van der Waals surface area contributed by atoms with Crippen LogP contribution < -0.4 is 30.2 Å². The summed E-state index contributed by atoms with van der Waals surface area (Å²) < 4.78 is 17.0. The molecule has 0 saturated carbocycles. The zero-order chi connectivity index (χ0) is 41.6. The maximum absolute atomic E-state index is 14.7. The van der Waals surface area contributed by atoms with Crippen molar-refractivity contribution >= 4 is 35.4 Å². The van der Waals surface area contributed by atoms with Gasteiger partial charge < -0.3 is 44.9 Å². The highest BCUT2D eigenvalue weighted by Crippen LogP contribution is 2.34. The van der Waals surface area contributed by atoms with Gasteiger partial charge in [0.2, 0.25) is 35.4 Å². The number of hydrogen-bond donors (Lipinski definition) is 3. The fraction of sp³-hybridized carbons (Fsp3) is 0.429. The quantitative estimate of drug-likeness (QED) is 0.351. The van der Waals surface area contributed by atoms with Gasteiger partial charge in [0.1, 0.15) is 47.8 Å². The minimum Gasteiger partial charge on any atom is -0.497 e. The first-order chi connectivity index (χ1) is 27.1. The number of methoxy groups -OCH3 is 2. The van der Waals surface area contributed by atoms with E-state index in [1.54, 1.807) is 73.7 Å². The lowest BCUT2D eigenvalue weighted by Crippen LogP contribution is -2.61. The fourth-order valence-electron chi connectivity index (χ4n) is 7.01. The Morgan fingerprint density at radius 2 is 1.26 bits per heavy atom. The van der Waals surface area contributed by atoms with Crippen LogP contribution >= 0.6 is 0 Å². The van der Waals surface area contributed by atoms with Crippen LogP contribution in [0, 0.1) is 0 Å². The van der Waals surface area contributed by atoms with E-state index >= 15 is 0 Å². The number of rotatable bonds is 5. The maximum atomic E-state index is 14.7. The molecule has 6 bridgehead atoms. The number of carbonyl (C=O) groups excluding carboxylic acids is 6. The van der Waals surface area contributed by atoms with E-state index in [0.29, 0.717) is 39.7 Å². The normalized spacial score (nSPS) is 24.1. The summed E-state index contributed by atoms with van der Waals surface area (Å²) in [5.74, 6) is -1.56. The predicted molar refractivity (Wildman–Crippen MR) is 211 cm³/mol. The molecule has 3 aliphatic rings. The van der Waals surface area contributed by atoms with Crippen molar-refractivity contribution in [3.05, 3.63) is 83.4 Å². The van der Waals surface area contributed by atoms with E-state index in [4.69, 9.17) is 14.2 Å². The Labute approximate surface area is 333 Å². The van der Waals surface area contributed by atoms with Crippen molar-refractivity contribution in [3.63, 3.8) is 0 Å². The van der Waals surface area contributed by atoms with Crippen LogP contribution in [0.1, 0.15) is 43.9 Å². The van der Waals surface area contributed by atoms with Crippen molar-refractivity contribution < 1.29 is 43.0 Å². The smallest absolute Gasteiger partial charge is 0.246 e. The summed E-state index contributed by atoms with van der Waals surface area (Å²) in [5.41, 5.74) is 2.04. The first kappa shape index (κ1) is 42.0. The lowest BCUT2D eigenvalue weighted by atomic mass is 9.98. The van der Waals surface area contributed by atoms with E-state index in [1.807, 2.05) is 0 Å². The standard InChI is InChI=1S/C42H52N6O9/c1-9-31-41(53)46(4)32(20-26-10-15-29(55-7)16-11-26)39(51)44-25(3)40(52)48(6)34-21-27-12-17-30(18-13-27)57-36-23-28(14-19-35(36)56-8)22-33(47(5)42(34)54)38(50)43-24(2)37(49)45-31/h10-19,23-25,31-34H,9,20-22H2,1-8H3,(H,43,50)(H,44,51)(H,45,49)/t24?,25-,31?,32-,33-,34?/m0/s1. The Bertz CT molecular complexity index is 1970. The van der Waals surface area contributed by atoms with Crippen molar-refractivity contribution in [2.75, 3.05) is 35.4 Å². The molecule has 304 valence electrons. The Kier molecular flexibility index (Phi) is 13.4. The van der Waals surface area contributed by atoms with E-state index in [1.165, 1.54) is 63.9 Å². The van der Waals surface area contributed by atoms with Gasteiger partial charge in [0, 0.05) is 40.4 Å². The summed E-state index contributed by atoms with van der Waals surface area (Å²) >= 11 is 0. The second-order valence-electron chi connectivity index (χ2n) is 14.5. The van der Waals surface area contributed by atoms with Gasteiger partial charge >= 0.3 is 0 Å². The monoisotopic (exact) mass is 784 g/mol. The van der Waals surface area contributed by atoms with Crippen LogP contribution in [0.15, 0.2) is 66.7 Å². The number of likely N-dealkylation sites (N-methyl/N-ethyl adjacent to an activating group) is 3. The summed E-state index contributed by atoms with van der Waals surface area (Å²) in [7, 11) is 7.48. The number of carbonyl (C=O) groups is 6. The minimum absolute atomic E-state index is 0.00758. The SMILES string of the molecule is CCC1NC(=O)C(C)NC(=O)[C@@H]2Cc3ccc(OC)c(c3)Oc3ccc(cc3)CC(C(=O)N2C)N(C)C(=O)[C@H](C)NC(=O)[C@H](Cc2ccc(OC)cc2)N(C)C1=O. The Morgan fingerprint density at radius 1 is 0.649 bits per heavy atom.